The number of anilines is 1. The predicted octanol–water partition coefficient (Wildman–Crippen LogP) is 3.77. The highest BCUT2D eigenvalue weighted by atomic mass is 127. The molecular weight excluding hydrogens is 525 g/mol. The molecule has 0 saturated carbocycles. The SMILES string of the molecule is CN=C(NCc1cccc(Cn2ccnc2)c1)NC1CCN(c2ccc(F)cc2F)C1.I. The lowest BCUT2D eigenvalue weighted by Crippen LogP contribution is -2.44. The summed E-state index contributed by atoms with van der Waals surface area (Å²) in [6.45, 7) is 2.75. The zero-order chi connectivity index (χ0) is 21.6. The van der Waals surface area contributed by atoms with Crippen molar-refractivity contribution in [1.29, 1.82) is 0 Å². The Labute approximate surface area is 203 Å². The number of rotatable bonds is 6. The van der Waals surface area contributed by atoms with Gasteiger partial charge in [-0.2, -0.15) is 0 Å². The molecule has 0 radical (unpaired) electrons. The van der Waals surface area contributed by atoms with Crippen molar-refractivity contribution in [2.24, 2.45) is 4.99 Å². The molecule has 1 fully saturated rings. The second kappa shape index (κ2) is 11.3. The van der Waals surface area contributed by atoms with E-state index in [9.17, 15) is 8.78 Å². The maximum atomic E-state index is 14.1. The molecule has 1 atom stereocenters. The lowest BCUT2D eigenvalue weighted by Gasteiger charge is -2.21. The Bertz CT molecular complexity index is 1040. The van der Waals surface area contributed by atoms with E-state index in [1.807, 2.05) is 21.7 Å². The number of hydrogen-bond donors (Lipinski definition) is 2. The fraction of sp³-hybridized carbons (Fsp3) is 0.304. The van der Waals surface area contributed by atoms with Crippen LogP contribution < -0.4 is 15.5 Å². The summed E-state index contributed by atoms with van der Waals surface area (Å²) in [5.41, 5.74) is 2.79. The average molecular weight is 552 g/mol. The topological polar surface area (TPSA) is 57.5 Å². The van der Waals surface area contributed by atoms with E-state index in [4.69, 9.17) is 0 Å². The van der Waals surface area contributed by atoms with Crippen molar-refractivity contribution >= 4 is 35.6 Å². The molecule has 32 heavy (non-hydrogen) atoms. The minimum absolute atomic E-state index is 0. The first kappa shape index (κ1) is 24.0. The van der Waals surface area contributed by atoms with Crippen LogP contribution in [0.3, 0.4) is 0 Å². The molecule has 170 valence electrons. The van der Waals surface area contributed by atoms with Gasteiger partial charge in [0.2, 0.25) is 0 Å². The van der Waals surface area contributed by atoms with Gasteiger partial charge in [-0.25, -0.2) is 13.8 Å². The lowest BCUT2D eigenvalue weighted by atomic mass is 10.1. The van der Waals surface area contributed by atoms with Crippen LogP contribution in [0.15, 0.2) is 66.2 Å². The van der Waals surface area contributed by atoms with Crippen molar-refractivity contribution in [3.8, 4) is 0 Å². The van der Waals surface area contributed by atoms with Gasteiger partial charge in [0.1, 0.15) is 11.6 Å². The fourth-order valence-electron chi connectivity index (χ4n) is 3.84. The van der Waals surface area contributed by atoms with Crippen LogP contribution in [0.2, 0.25) is 0 Å². The molecule has 1 aliphatic rings. The Kier molecular flexibility index (Phi) is 8.43. The van der Waals surface area contributed by atoms with Crippen molar-refractivity contribution in [2.45, 2.75) is 25.6 Å². The van der Waals surface area contributed by atoms with Crippen LogP contribution in [0.25, 0.3) is 0 Å². The van der Waals surface area contributed by atoms with Crippen molar-refractivity contribution in [3.05, 3.63) is 83.9 Å². The summed E-state index contributed by atoms with van der Waals surface area (Å²) in [4.78, 5) is 10.3. The fourth-order valence-corrected chi connectivity index (χ4v) is 3.84. The number of aliphatic imine (C=N–C) groups is 1. The molecule has 6 nitrogen and oxygen atoms in total. The Morgan fingerprint density at radius 3 is 2.78 bits per heavy atom. The van der Waals surface area contributed by atoms with Crippen LogP contribution in [-0.4, -0.2) is 41.7 Å². The van der Waals surface area contributed by atoms with Crippen LogP contribution in [-0.2, 0) is 13.1 Å². The number of nitrogens with one attached hydrogen (secondary N) is 2. The third-order valence-corrected chi connectivity index (χ3v) is 5.38. The smallest absolute Gasteiger partial charge is 0.191 e. The van der Waals surface area contributed by atoms with E-state index >= 15 is 0 Å². The number of benzene rings is 2. The number of halogens is 3. The maximum absolute atomic E-state index is 14.1. The summed E-state index contributed by atoms with van der Waals surface area (Å²) < 4.78 is 29.3. The van der Waals surface area contributed by atoms with E-state index in [0.29, 0.717) is 31.3 Å². The summed E-state index contributed by atoms with van der Waals surface area (Å²) in [6.07, 6.45) is 6.37. The monoisotopic (exact) mass is 552 g/mol. The molecule has 2 aromatic carbocycles. The molecule has 1 aliphatic heterocycles. The van der Waals surface area contributed by atoms with Gasteiger partial charge in [-0.05, 0) is 29.7 Å². The molecular formula is C23H27F2IN6. The number of hydrogen-bond acceptors (Lipinski definition) is 3. The molecule has 4 rings (SSSR count). The average Bonchev–Trinajstić information content (AvgIpc) is 3.43. The first-order chi connectivity index (χ1) is 15.1. The normalized spacial score (nSPS) is 16.0. The van der Waals surface area contributed by atoms with E-state index in [0.717, 1.165) is 24.6 Å². The van der Waals surface area contributed by atoms with Crippen LogP contribution in [0.5, 0.6) is 0 Å². The van der Waals surface area contributed by atoms with Gasteiger partial charge in [-0.15, -0.1) is 24.0 Å². The van der Waals surface area contributed by atoms with Crippen LogP contribution in [0.4, 0.5) is 14.5 Å². The molecule has 9 heteroatoms. The van der Waals surface area contributed by atoms with Gasteiger partial charge in [0, 0.05) is 57.7 Å². The van der Waals surface area contributed by atoms with Crippen molar-refractivity contribution < 1.29 is 8.78 Å². The molecule has 0 aliphatic carbocycles. The van der Waals surface area contributed by atoms with Crippen LogP contribution in [0, 0.1) is 11.6 Å². The first-order valence-electron chi connectivity index (χ1n) is 10.3. The maximum Gasteiger partial charge on any atom is 0.191 e. The van der Waals surface area contributed by atoms with Gasteiger partial charge >= 0.3 is 0 Å². The summed E-state index contributed by atoms with van der Waals surface area (Å²) in [5, 5.41) is 6.76. The standard InChI is InChI=1S/C23H26F2N6.HI/c1-26-23(28-13-17-3-2-4-18(11-17)14-30-10-8-27-16-30)29-20-7-9-31(15-20)22-6-5-19(24)12-21(22)25;/h2-6,8,10-12,16,20H,7,9,13-15H2,1H3,(H2,26,28,29);1H. The highest BCUT2D eigenvalue weighted by Gasteiger charge is 2.25. The van der Waals surface area contributed by atoms with E-state index < -0.39 is 11.6 Å². The highest BCUT2D eigenvalue weighted by molar-refractivity contribution is 14.0. The molecule has 2 N–H and O–H groups in total. The number of guanidine groups is 1. The summed E-state index contributed by atoms with van der Waals surface area (Å²) in [7, 11) is 1.73. The van der Waals surface area contributed by atoms with Crippen LogP contribution >= 0.6 is 24.0 Å². The van der Waals surface area contributed by atoms with Gasteiger partial charge in [0.15, 0.2) is 5.96 Å². The lowest BCUT2D eigenvalue weighted by molar-refractivity contribution is 0.580. The zero-order valence-electron chi connectivity index (χ0n) is 17.8. The second-order valence-electron chi connectivity index (χ2n) is 7.65. The van der Waals surface area contributed by atoms with E-state index in [1.165, 1.54) is 17.7 Å². The number of imidazole rings is 1. The van der Waals surface area contributed by atoms with Gasteiger partial charge in [-0.1, -0.05) is 24.3 Å². The first-order valence-corrected chi connectivity index (χ1v) is 10.3. The summed E-state index contributed by atoms with van der Waals surface area (Å²) in [5.74, 6) is -0.390. The van der Waals surface area contributed by atoms with E-state index in [2.05, 4.69) is 38.8 Å². The Morgan fingerprint density at radius 2 is 2.03 bits per heavy atom. The summed E-state index contributed by atoms with van der Waals surface area (Å²) in [6, 6.07) is 12.2. The number of aromatic nitrogens is 2. The highest BCUT2D eigenvalue weighted by Crippen LogP contribution is 2.24. The second-order valence-corrected chi connectivity index (χ2v) is 7.65. The Balaban J connectivity index is 0.00000289. The minimum atomic E-state index is -0.561. The van der Waals surface area contributed by atoms with Crippen LogP contribution in [0.1, 0.15) is 17.5 Å². The van der Waals surface area contributed by atoms with Crippen molar-refractivity contribution in [3.63, 3.8) is 0 Å². The molecule has 0 spiro atoms. The zero-order valence-corrected chi connectivity index (χ0v) is 20.2. The molecule has 0 bridgehead atoms. The third-order valence-electron chi connectivity index (χ3n) is 5.38. The Morgan fingerprint density at radius 1 is 1.19 bits per heavy atom. The molecule has 1 saturated heterocycles. The minimum Gasteiger partial charge on any atom is -0.367 e. The van der Waals surface area contributed by atoms with Gasteiger partial charge in [0.25, 0.3) is 0 Å². The Hall–Kier alpha value is -2.69. The number of nitrogens with zero attached hydrogens (tertiary/aromatic N) is 4. The largest absolute Gasteiger partial charge is 0.367 e. The summed E-state index contributed by atoms with van der Waals surface area (Å²) >= 11 is 0. The third kappa shape index (κ3) is 6.18. The molecule has 1 unspecified atom stereocenters. The van der Waals surface area contributed by atoms with Crippen molar-refractivity contribution in [1.82, 2.24) is 20.2 Å². The molecule has 1 aromatic heterocycles. The van der Waals surface area contributed by atoms with Gasteiger partial charge < -0.3 is 20.1 Å². The van der Waals surface area contributed by atoms with E-state index in [1.54, 1.807) is 19.6 Å². The molecule has 3 aromatic rings. The molecule has 2 heterocycles. The molecule has 0 amide bonds. The van der Waals surface area contributed by atoms with Gasteiger partial charge in [-0.3, -0.25) is 4.99 Å². The predicted molar refractivity (Wildman–Crippen MR) is 133 cm³/mol. The quantitative estimate of drug-likeness (QED) is 0.278. The van der Waals surface area contributed by atoms with Crippen molar-refractivity contribution in [2.75, 3.05) is 25.0 Å². The van der Waals surface area contributed by atoms with E-state index in [-0.39, 0.29) is 30.0 Å². The van der Waals surface area contributed by atoms with Gasteiger partial charge in [0.05, 0.1) is 12.0 Å².